The number of benzene rings is 1. The Morgan fingerprint density at radius 1 is 1.31 bits per heavy atom. The molecule has 2 unspecified atom stereocenters. The van der Waals surface area contributed by atoms with Gasteiger partial charge in [-0.1, -0.05) is 28.1 Å². The second kappa shape index (κ2) is 3.74. The molecule has 0 aromatic heterocycles. The van der Waals surface area contributed by atoms with Gasteiger partial charge in [-0.15, -0.1) is 0 Å². The van der Waals surface area contributed by atoms with Crippen molar-refractivity contribution in [1.29, 1.82) is 0 Å². The van der Waals surface area contributed by atoms with Crippen LogP contribution in [0.2, 0.25) is 0 Å². The summed E-state index contributed by atoms with van der Waals surface area (Å²) in [5.41, 5.74) is 7.26. The second-order valence-electron chi connectivity index (χ2n) is 3.07. The van der Waals surface area contributed by atoms with Crippen molar-refractivity contribution in [1.82, 2.24) is 10.9 Å². The average Bonchev–Trinajstić information content (AvgIpc) is 2.53. The fourth-order valence-corrected chi connectivity index (χ4v) is 2.04. The number of rotatable bonds is 1. The summed E-state index contributed by atoms with van der Waals surface area (Å²) < 4.78 is 12.6. The minimum absolute atomic E-state index is 0.194. The van der Waals surface area contributed by atoms with Crippen LogP contribution in [0.25, 0.3) is 0 Å². The van der Waals surface area contributed by atoms with Gasteiger partial charge in [0.15, 0.2) is 0 Å². The zero-order valence-electron chi connectivity index (χ0n) is 6.93. The first-order valence-corrected chi connectivity index (χ1v) is 5.07. The van der Waals surface area contributed by atoms with Crippen molar-refractivity contribution >= 4 is 15.9 Å². The largest absolute Gasteiger partial charge is 0.256 e. The van der Waals surface area contributed by atoms with Crippen LogP contribution in [0.5, 0.6) is 0 Å². The maximum Gasteiger partial charge on any atom is 0.123 e. The first kappa shape index (κ1) is 9.12. The molecule has 1 fully saturated rings. The Labute approximate surface area is 84.6 Å². The molecule has 1 saturated heterocycles. The summed E-state index contributed by atoms with van der Waals surface area (Å²) in [7, 11) is 0. The molecule has 1 heterocycles. The van der Waals surface area contributed by atoms with Gasteiger partial charge in [0.25, 0.3) is 0 Å². The van der Waals surface area contributed by atoms with Crippen molar-refractivity contribution in [2.24, 2.45) is 0 Å². The second-order valence-corrected chi connectivity index (χ2v) is 4.25. The molecule has 13 heavy (non-hydrogen) atoms. The smallest absolute Gasteiger partial charge is 0.123 e. The molecule has 1 aromatic carbocycles. The lowest BCUT2D eigenvalue weighted by Gasteiger charge is -2.12. The molecule has 70 valence electrons. The predicted molar refractivity (Wildman–Crippen MR) is 53.0 cm³/mol. The molecule has 2 rings (SSSR count). The zero-order valence-corrected chi connectivity index (χ0v) is 8.51. The topological polar surface area (TPSA) is 24.1 Å². The SMILES string of the molecule is Fc1ccc(C2NNCC2Br)cc1. The third-order valence-electron chi connectivity index (χ3n) is 2.15. The Morgan fingerprint density at radius 2 is 2.00 bits per heavy atom. The van der Waals surface area contributed by atoms with Crippen molar-refractivity contribution in [3.8, 4) is 0 Å². The van der Waals surface area contributed by atoms with E-state index in [9.17, 15) is 4.39 Å². The van der Waals surface area contributed by atoms with Gasteiger partial charge < -0.3 is 0 Å². The van der Waals surface area contributed by atoms with Crippen molar-refractivity contribution in [3.63, 3.8) is 0 Å². The first-order valence-electron chi connectivity index (χ1n) is 4.15. The fourth-order valence-electron chi connectivity index (χ4n) is 1.44. The number of nitrogens with one attached hydrogen (secondary N) is 2. The molecule has 1 aliphatic rings. The molecule has 0 aliphatic carbocycles. The number of hydrazine groups is 1. The lowest BCUT2D eigenvalue weighted by Crippen LogP contribution is -2.24. The maximum atomic E-state index is 12.6. The summed E-state index contributed by atoms with van der Waals surface area (Å²) in [6.07, 6.45) is 0. The molecule has 1 aromatic rings. The van der Waals surface area contributed by atoms with E-state index in [-0.39, 0.29) is 11.9 Å². The van der Waals surface area contributed by atoms with Crippen molar-refractivity contribution in [2.45, 2.75) is 10.9 Å². The van der Waals surface area contributed by atoms with Crippen LogP contribution >= 0.6 is 15.9 Å². The van der Waals surface area contributed by atoms with Crippen LogP contribution < -0.4 is 10.9 Å². The fraction of sp³-hybridized carbons (Fsp3) is 0.333. The molecule has 0 saturated carbocycles. The van der Waals surface area contributed by atoms with E-state index >= 15 is 0 Å². The number of hydrogen-bond acceptors (Lipinski definition) is 2. The highest BCUT2D eigenvalue weighted by Crippen LogP contribution is 2.24. The quantitative estimate of drug-likeness (QED) is 0.736. The van der Waals surface area contributed by atoms with E-state index in [2.05, 4.69) is 26.8 Å². The average molecular weight is 245 g/mol. The summed E-state index contributed by atoms with van der Waals surface area (Å²) in [4.78, 5) is 0.359. The van der Waals surface area contributed by atoms with E-state index in [1.54, 1.807) is 12.1 Å². The minimum Gasteiger partial charge on any atom is -0.256 e. The monoisotopic (exact) mass is 244 g/mol. The summed E-state index contributed by atoms with van der Waals surface area (Å²) >= 11 is 3.54. The Kier molecular flexibility index (Phi) is 2.62. The van der Waals surface area contributed by atoms with Crippen molar-refractivity contribution in [3.05, 3.63) is 35.6 Å². The van der Waals surface area contributed by atoms with Crippen LogP contribution in [-0.4, -0.2) is 11.4 Å². The lowest BCUT2D eigenvalue weighted by molar-refractivity contribution is 0.581. The Balaban J connectivity index is 2.20. The highest BCUT2D eigenvalue weighted by molar-refractivity contribution is 9.09. The van der Waals surface area contributed by atoms with E-state index in [4.69, 9.17) is 0 Å². The van der Waals surface area contributed by atoms with Crippen LogP contribution in [0.15, 0.2) is 24.3 Å². The molecular weight excluding hydrogens is 235 g/mol. The van der Waals surface area contributed by atoms with Gasteiger partial charge in [0.05, 0.1) is 6.04 Å². The molecule has 2 atom stereocenters. The van der Waals surface area contributed by atoms with Gasteiger partial charge in [-0.05, 0) is 17.7 Å². The van der Waals surface area contributed by atoms with E-state index in [0.717, 1.165) is 12.1 Å². The van der Waals surface area contributed by atoms with Crippen LogP contribution in [0, 0.1) is 5.82 Å². The van der Waals surface area contributed by atoms with E-state index < -0.39 is 0 Å². The third-order valence-corrected chi connectivity index (χ3v) is 3.00. The van der Waals surface area contributed by atoms with Crippen LogP contribution in [0.1, 0.15) is 11.6 Å². The highest BCUT2D eigenvalue weighted by Gasteiger charge is 2.25. The van der Waals surface area contributed by atoms with Gasteiger partial charge in [0, 0.05) is 11.4 Å². The Hall–Kier alpha value is -0.450. The summed E-state index contributed by atoms with van der Waals surface area (Å²) in [5.74, 6) is -0.194. The lowest BCUT2D eigenvalue weighted by atomic mass is 10.1. The van der Waals surface area contributed by atoms with E-state index in [1.165, 1.54) is 12.1 Å². The molecular formula is C9H10BrFN2. The predicted octanol–water partition coefficient (Wildman–Crippen LogP) is 1.74. The molecule has 0 bridgehead atoms. The van der Waals surface area contributed by atoms with E-state index in [1.807, 2.05) is 0 Å². The molecule has 2 nitrogen and oxygen atoms in total. The Morgan fingerprint density at radius 3 is 2.54 bits per heavy atom. The highest BCUT2D eigenvalue weighted by atomic mass is 79.9. The van der Waals surface area contributed by atoms with Crippen LogP contribution in [-0.2, 0) is 0 Å². The Bertz CT molecular complexity index is 288. The zero-order chi connectivity index (χ0) is 9.26. The molecule has 0 spiro atoms. The number of hydrogen-bond donors (Lipinski definition) is 2. The number of alkyl halides is 1. The van der Waals surface area contributed by atoms with Gasteiger partial charge in [-0.2, -0.15) is 0 Å². The van der Waals surface area contributed by atoms with Crippen LogP contribution in [0.3, 0.4) is 0 Å². The molecule has 4 heteroatoms. The summed E-state index contributed by atoms with van der Waals surface area (Å²) in [6, 6.07) is 6.78. The van der Waals surface area contributed by atoms with Crippen LogP contribution in [0.4, 0.5) is 4.39 Å². The van der Waals surface area contributed by atoms with Gasteiger partial charge in [0.2, 0.25) is 0 Å². The van der Waals surface area contributed by atoms with Gasteiger partial charge in [-0.3, -0.25) is 5.43 Å². The molecule has 2 N–H and O–H groups in total. The van der Waals surface area contributed by atoms with Crippen molar-refractivity contribution < 1.29 is 4.39 Å². The van der Waals surface area contributed by atoms with Crippen molar-refractivity contribution in [2.75, 3.05) is 6.54 Å². The van der Waals surface area contributed by atoms with Gasteiger partial charge >= 0.3 is 0 Å². The van der Waals surface area contributed by atoms with E-state index in [0.29, 0.717) is 4.83 Å². The third kappa shape index (κ3) is 1.90. The number of halogens is 2. The standard InChI is InChI=1S/C9H10BrFN2/c10-8-5-12-13-9(8)6-1-3-7(11)4-2-6/h1-4,8-9,12-13H,5H2. The molecule has 0 amide bonds. The maximum absolute atomic E-state index is 12.6. The normalized spacial score (nSPS) is 27.8. The molecule has 0 radical (unpaired) electrons. The summed E-state index contributed by atoms with van der Waals surface area (Å²) in [6.45, 7) is 0.877. The molecule has 1 aliphatic heterocycles. The van der Waals surface area contributed by atoms with Gasteiger partial charge in [-0.25, -0.2) is 9.82 Å². The minimum atomic E-state index is -0.194. The van der Waals surface area contributed by atoms with Gasteiger partial charge in [0.1, 0.15) is 5.82 Å². The first-order chi connectivity index (χ1) is 6.27. The summed E-state index contributed by atoms with van der Waals surface area (Å²) in [5, 5.41) is 0.